The lowest BCUT2D eigenvalue weighted by molar-refractivity contribution is 0.235. The molecule has 0 N–H and O–H groups in total. The van der Waals surface area contributed by atoms with Gasteiger partial charge in [-0.1, -0.05) is 38.1 Å². The SMILES string of the molecule is CCN(CC)C(C)c1cc(-c2ccccn2)nc2ccccc12. The number of nitrogens with zero attached hydrogens (tertiary/aromatic N) is 3. The third-order valence-electron chi connectivity index (χ3n) is 4.49. The molecule has 23 heavy (non-hydrogen) atoms. The topological polar surface area (TPSA) is 29.0 Å². The van der Waals surface area contributed by atoms with Crippen LogP contribution in [-0.2, 0) is 0 Å². The number of aromatic nitrogens is 2. The monoisotopic (exact) mass is 305 g/mol. The number of pyridine rings is 2. The molecule has 0 bridgehead atoms. The minimum Gasteiger partial charge on any atom is -0.297 e. The summed E-state index contributed by atoms with van der Waals surface area (Å²) >= 11 is 0. The quantitative estimate of drug-likeness (QED) is 0.684. The first-order valence-corrected chi connectivity index (χ1v) is 8.29. The van der Waals surface area contributed by atoms with Gasteiger partial charge in [-0.3, -0.25) is 9.88 Å². The van der Waals surface area contributed by atoms with Crippen LogP contribution in [0.3, 0.4) is 0 Å². The molecule has 2 heterocycles. The van der Waals surface area contributed by atoms with Crippen LogP contribution in [0.2, 0.25) is 0 Å². The summed E-state index contributed by atoms with van der Waals surface area (Å²) < 4.78 is 0. The first kappa shape index (κ1) is 15.6. The third kappa shape index (κ3) is 3.10. The van der Waals surface area contributed by atoms with Gasteiger partial charge in [0.2, 0.25) is 0 Å². The zero-order valence-corrected chi connectivity index (χ0v) is 14.0. The van der Waals surface area contributed by atoms with Gasteiger partial charge in [-0.25, -0.2) is 4.98 Å². The number of benzene rings is 1. The Morgan fingerprint density at radius 3 is 2.39 bits per heavy atom. The van der Waals surface area contributed by atoms with Crippen LogP contribution in [0.15, 0.2) is 54.7 Å². The van der Waals surface area contributed by atoms with Crippen LogP contribution >= 0.6 is 0 Å². The molecule has 3 rings (SSSR count). The Bertz CT molecular complexity index is 779. The highest BCUT2D eigenvalue weighted by molar-refractivity contribution is 5.85. The third-order valence-corrected chi connectivity index (χ3v) is 4.49. The molecule has 1 aromatic carbocycles. The number of hydrogen-bond donors (Lipinski definition) is 0. The Balaban J connectivity index is 2.19. The summed E-state index contributed by atoms with van der Waals surface area (Å²) in [7, 11) is 0. The van der Waals surface area contributed by atoms with Gasteiger partial charge in [0.25, 0.3) is 0 Å². The molecule has 1 atom stereocenters. The van der Waals surface area contributed by atoms with Gasteiger partial charge >= 0.3 is 0 Å². The summed E-state index contributed by atoms with van der Waals surface area (Å²) in [6, 6.07) is 16.9. The Morgan fingerprint density at radius 2 is 1.70 bits per heavy atom. The standard InChI is InChI=1S/C20H23N3/c1-4-23(5-2)15(3)17-14-20(19-12-8-9-13-21-19)22-18-11-7-6-10-16(17)18/h6-15H,4-5H2,1-3H3. The van der Waals surface area contributed by atoms with Gasteiger partial charge in [0, 0.05) is 17.6 Å². The van der Waals surface area contributed by atoms with E-state index in [9.17, 15) is 0 Å². The Morgan fingerprint density at radius 1 is 0.957 bits per heavy atom. The average Bonchev–Trinajstić information content (AvgIpc) is 2.62. The molecule has 0 aliphatic heterocycles. The Hall–Kier alpha value is -2.26. The van der Waals surface area contributed by atoms with Crippen molar-refractivity contribution in [2.24, 2.45) is 0 Å². The molecular weight excluding hydrogens is 282 g/mol. The second-order valence-corrected chi connectivity index (χ2v) is 5.73. The van der Waals surface area contributed by atoms with Gasteiger partial charge in [-0.15, -0.1) is 0 Å². The maximum absolute atomic E-state index is 4.82. The van der Waals surface area contributed by atoms with E-state index in [0.717, 1.165) is 30.0 Å². The molecular formula is C20H23N3. The maximum atomic E-state index is 4.82. The van der Waals surface area contributed by atoms with Gasteiger partial charge in [-0.2, -0.15) is 0 Å². The molecule has 3 heteroatoms. The number of rotatable bonds is 5. The molecule has 0 saturated heterocycles. The molecule has 0 aliphatic rings. The van der Waals surface area contributed by atoms with E-state index >= 15 is 0 Å². The lowest BCUT2D eigenvalue weighted by Crippen LogP contribution is -2.26. The summed E-state index contributed by atoms with van der Waals surface area (Å²) in [5.41, 5.74) is 4.22. The van der Waals surface area contributed by atoms with E-state index < -0.39 is 0 Å². The zero-order valence-electron chi connectivity index (χ0n) is 14.0. The van der Waals surface area contributed by atoms with E-state index in [1.807, 2.05) is 30.5 Å². The van der Waals surface area contributed by atoms with E-state index in [2.05, 4.69) is 54.9 Å². The van der Waals surface area contributed by atoms with Gasteiger partial charge in [0.15, 0.2) is 0 Å². The van der Waals surface area contributed by atoms with Crippen LogP contribution < -0.4 is 0 Å². The number of hydrogen-bond acceptors (Lipinski definition) is 3. The van der Waals surface area contributed by atoms with Crippen LogP contribution in [0.4, 0.5) is 0 Å². The molecule has 0 saturated carbocycles. The summed E-state index contributed by atoms with van der Waals surface area (Å²) in [5, 5.41) is 1.23. The van der Waals surface area contributed by atoms with Crippen molar-refractivity contribution in [2.75, 3.05) is 13.1 Å². The molecule has 0 radical (unpaired) electrons. The highest BCUT2D eigenvalue weighted by Gasteiger charge is 2.17. The van der Waals surface area contributed by atoms with Gasteiger partial charge in [-0.05, 0) is 49.8 Å². The first-order chi connectivity index (χ1) is 11.2. The molecule has 1 unspecified atom stereocenters. The molecule has 0 fully saturated rings. The van der Waals surface area contributed by atoms with Crippen LogP contribution in [0.25, 0.3) is 22.3 Å². The molecule has 0 amide bonds. The van der Waals surface area contributed by atoms with E-state index in [4.69, 9.17) is 4.98 Å². The predicted octanol–water partition coefficient (Wildman–Crippen LogP) is 4.70. The zero-order chi connectivity index (χ0) is 16.2. The van der Waals surface area contributed by atoms with Crippen LogP contribution in [0.5, 0.6) is 0 Å². The second kappa shape index (κ2) is 6.88. The van der Waals surface area contributed by atoms with E-state index in [1.54, 1.807) is 0 Å². The molecule has 3 aromatic rings. The fourth-order valence-electron chi connectivity index (χ4n) is 3.16. The maximum Gasteiger partial charge on any atom is 0.0897 e. The number of fused-ring (bicyclic) bond motifs is 1. The molecule has 118 valence electrons. The lowest BCUT2D eigenvalue weighted by atomic mass is 9.99. The van der Waals surface area contributed by atoms with Crippen molar-refractivity contribution in [1.82, 2.24) is 14.9 Å². The highest BCUT2D eigenvalue weighted by Crippen LogP contribution is 2.30. The van der Waals surface area contributed by atoms with Crippen LogP contribution in [0, 0.1) is 0 Å². The minimum atomic E-state index is 0.348. The average molecular weight is 305 g/mol. The van der Waals surface area contributed by atoms with Crippen LogP contribution in [-0.4, -0.2) is 28.0 Å². The van der Waals surface area contributed by atoms with Crippen molar-refractivity contribution in [3.05, 3.63) is 60.3 Å². The van der Waals surface area contributed by atoms with Gasteiger partial charge in [0.1, 0.15) is 0 Å². The smallest absolute Gasteiger partial charge is 0.0897 e. The van der Waals surface area contributed by atoms with Gasteiger partial charge < -0.3 is 0 Å². The molecule has 0 spiro atoms. The van der Waals surface area contributed by atoms with E-state index in [1.165, 1.54) is 10.9 Å². The van der Waals surface area contributed by atoms with Crippen molar-refractivity contribution >= 4 is 10.9 Å². The van der Waals surface area contributed by atoms with Crippen molar-refractivity contribution in [2.45, 2.75) is 26.8 Å². The lowest BCUT2D eigenvalue weighted by Gasteiger charge is -2.28. The van der Waals surface area contributed by atoms with Gasteiger partial charge in [0.05, 0.1) is 16.9 Å². The summed E-state index contributed by atoms with van der Waals surface area (Å²) in [6.45, 7) is 8.77. The summed E-state index contributed by atoms with van der Waals surface area (Å²) in [6.07, 6.45) is 1.82. The van der Waals surface area contributed by atoms with Crippen molar-refractivity contribution in [1.29, 1.82) is 0 Å². The van der Waals surface area contributed by atoms with Crippen molar-refractivity contribution in [3.63, 3.8) is 0 Å². The van der Waals surface area contributed by atoms with E-state index in [-0.39, 0.29) is 0 Å². The molecule has 3 nitrogen and oxygen atoms in total. The van der Waals surface area contributed by atoms with Crippen LogP contribution in [0.1, 0.15) is 32.4 Å². The Kier molecular flexibility index (Phi) is 4.68. The van der Waals surface area contributed by atoms with Crippen molar-refractivity contribution in [3.8, 4) is 11.4 Å². The largest absolute Gasteiger partial charge is 0.297 e. The molecule has 0 aliphatic carbocycles. The summed E-state index contributed by atoms with van der Waals surface area (Å²) in [5.74, 6) is 0. The highest BCUT2D eigenvalue weighted by atomic mass is 15.1. The summed E-state index contributed by atoms with van der Waals surface area (Å²) in [4.78, 5) is 11.7. The molecule has 2 aromatic heterocycles. The fourth-order valence-corrected chi connectivity index (χ4v) is 3.16. The fraction of sp³-hybridized carbons (Fsp3) is 0.300. The second-order valence-electron chi connectivity index (χ2n) is 5.73. The minimum absolute atomic E-state index is 0.348. The Labute approximate surface area is 138 Å². The number of para-hydroxylation sites is 1. The predicted molar refractivity (Wildman–Crippen MR) is 96.3 cm³/mol. The van der Waals surface area contributed by atoms with E-state index in [0.29, 0.717) is 6.04 Å². The first-order valence-electron chi connectivity index (χ1n) is 8.29. The normalized spacial score (nSPS) is 12.7. The van der Waals surface area contributed by atoms with Crippen molar-refractivity contribution < 1.29 is 0 Å².